The Morgan fingerprint density at radius 2 is 2.14 bits per heavy atom. The maximum Gasteiger partial charge on any atom is 0.307 e. The molecule has 1 aromatic rings. The maximum absolute atomic E-state index is 12.7. The van der Waals surface area contributed by atoms with E-state index in [2.05, 4.69) is 6.92 Å². The molecule has 22 heavy (non-hydrogen) atoms. The first kappa shape index (κ1) is 17.0. The summed E-state index contributed by atoms with van der Waals surface area (Å²) < 4.78 is 4.73. The van der Waals surface area contributed by atoms with Crippen LogP contribution in [-0.4, -0.2) is 36.5 Å². The molecule has 2 atom stereocenters. The Morgan fingerprint density at radius 1 is 1.36 bits per heavy atom. The zero-order valence-electron chi connectivity index (χ0n) is 13.4. The van der Waals surface area contributed by atoms with Gasteiger partial charge in [0.15, 0.2) is 0 Å². The smallest absolute Gasteiger partial charge is 0.307 e. The van der Waals surface area contributed by atoms with Crippen LogP contribution in [0.2, 0.25) is 0 Å². The molecule has 0 radical (unpaired) electrons. The van der Waals surface area contributed by atoms with Crippen molar-refractivity contribution in [3.8, 4) is 0 Å². The summed E-state index contributed by atoms with van der Waals surface area (Å²) in [4.78, 5) is 27.2. The largest absolute Gasteiger partial charge is 0.469 e. The lowest BCUT2D eigenvalue weighted by Gasteiger charge is -2.38. The van der Waals surface area contributed by atoms with Crippen molar-refractivity contribution in [1.82, 2.24) is 4.90 Å². The first-order valence-electron chi connectivity index (χ1n) is 8.00. The Kier molecular flexibility index (Phi) is 6.43. The summed E-state index contributed by atoms with van der Waals surface area (Å²) >= 11 is 1.61. The van der Waals surface area contributed by atoms with Crippen molar-refractivity contribution in [1.29, 1.82) is 0 Å². The molecular weight excluding hydrogens is 298 g/mol. The van der Waals surface area contributed by atoms with Gasteiger partial charge in [0, 0.05) is 17.5 Å². The number of thiophene rings is 1. The van der Waals surface area contributed by atoms with Gasteiger partial charge in [-0.1, -0.05) is 25.8 Å². The second-order valence-electron chi connectivity index (χ2n) is 6.00. The van der Waals surface area contributed by atoms with E-state index in [0.717, 1.165) is 24.1 Å². The third-order valence-corrected chi connectivity index (χ3v) is 5.35. The number of methoxy groups -OCH3 is 1. The summed E-state index contributed by atoms with van der Waals surface area (Å²) in [5.74, 6) is 0.376. The predicted molar refractivity (Wildman–Crippen MR) is 87.8 cm³/mol. The van der Waals surface area contributed by atoms with Gasteiger partial charge in [0.25, 0.3) is 0 Å². The van der Waals surface area contributed by atoms with Crippen LogP contribution in [0.15, 0.2) is 17.5 Å². The minimum atomic E-state index is -0.252. The molecule has 1 saturated carbocycles. The number of amides is 1. The third-order valence-electron chi connectivity index (χ3n) is 4.48. The standard InChI is InChI=1S/C17H25NO3S/c1-13-6-3-4-8-15(13)18(10-9-17(20)21-2)16(19)12-14-7-5-11-22-14/h5,7,11,13,15H,3-4,6,8-10,12H2,1-2H3. The molecule has 1 aromatic heterocycles. The molecule has 2 rings (SSSR count). The van der Waals surface area contributed by atoms with Gasteiger partial charge in [-0.3, -0.25) is 9.59 Å². The first-order chi connectivity index (χ1) is 10.6. The molecule has 0 aliphatic heterocycles. The highest BCUT2D eigenvalue weighted by Crippen LogP contribution is 2.29. The van der Waals surface area contributed by atoms with Crippen LogP contribution in [0.3, 0.4) is 0 Å². The van der Waals surface area contributed by atoms with E-state index < -0.39 is 0 Å². The fourth-order valence-corrected chi connectivity index (χ4v) is 3.91. The highest BCUT2D eigenvalue weighted by Gasteiger charge is 2.30. The minimum Gasteiger partial charge on any atom is -0.469 e. The lowest BCUT2D eigenvalue weighted by atomic mass is 9.84. The molecule has 1 aliphatic rings. The molecule has 0 N–H and O–H groups in total. The van der Waals surface area contributed by atoms with Crippen LogP contribution in [-0.2, 0) is 20.7 Å². The van der Waals surface area contributed by atoms with E-state index in [9.17, 15) is 9.59 Å². The Bertz CT molecular complexity index is 486. The molecule has 4 nitrogen and oxygen atoms in total. The van der Waals surface area contributed by atoms with Crippen LogP contribution in [0.5, 0.6) is 0 Å². The Hall–Kier alpha value is -1.36. The monoisotopic (exact) mass is 323 g/mol. The van der Waals surface area contributed by atoms with Crippen molar-refractivity contribution < 1.29 is 14.3 Å². The SMILES string of the molecule is COC(=O)CCN(C(=O)Cc1cccs1)C1CCCCC1C. The predicted octanol–water partition coefficient (Wildman–Crippen LogP) is 3.26. The summed E-state index contributed by atoms with van der Waals surface area (Å²) in [7, 11) is 1.39. The second-order valence-corrected chi connectivity index (χ2v) is 7.03. The van der Waals surface area contributed by atoms with Gasteiger partial charge in [-0.2, -0.15) is 0 Å². The van der Waals surface area contributed by atoms with Gasteiger partial charge < -0.3 is 9.64 Å². The minimum absolute atomic E-state index is 0.130. The number of hydrogen-bond acceptors (Lipinski definition) is 4. The molecule has 1 amide bonds. The van der Waals surface area contributed by atoms with Crippen LogP contribution >= 0.6 is 11.3 Å². The second kappa shape index (κ2) is 8.32. The molecule has 0 aromatic carbocycles. The van der Waals surface area contributed by atoms with Crippen LogP contribution in [0.25, 0.3) is 0 Å². The average molecular weight is 323 g/mol. The maximum atomic E-state index is 12.7. The number of carbonyl (C=O) groups is 2. The molecule has 0 bridgehead atoms. The highest BCUT2D eigenvalue weighted by molar-refractivity contribution is 7.10. The van der Waals surface area contributed by atoms with Crippen LogP contribution in [0.1, 0.15) is 43.9 Å². The lowest BCUT2D eigenvalue weighted by Crippen LogP contribution is -2.46. The fraction of sp³-hybridized carbons (Fsp3) is 0.647. The van der Waals surface area contributed by atoms with Gasteiger partial charge in [0.2, 0.25) is 5.91 Å². The van der Waals surface area contributed by atoms with Gasteiger partial charge in [0.05, 0.1) is 20.0 Å². The van der Waals surface area contributed by atoms with E-state index in [-0.39, 0.29) is 24.3 Å². The number of nitrogens with zero attached hydrogens (tertiary/aromatic N) is 1. The van der Waals surface area contributed by atoms with Gasteiger partial charge >= 0.3 is 5.97 Å². The van der Waals surface area contributed by atoms with E-state index in [0.29, 0.717) is 18.9 Å². The van der Waals surface area contributed by atoms with E-state index in [4.69, 9.17) is 4.74 Å². The van der Waals surface area contributed by atoms with E-state index in [1.165, 1.54) is 13.5 Å². The molecule has 5 heteroatoms. The Labute approximate surface area is 136 Å². The molecular formula is C17H25NO3S. The zero-order valence-corrected chi connectivity index (χ0v) is 14.2. The number of hydrogen-bond donors (Lipinski definition) is 0. The van der Waals surface area contributed by atoms with Crippen molar-refractivity contribution >= 4 is 23.2 Å². The van der Waals surface area contributed by atoms with Crippen molar-refractivity contribution in [2.45, 2.75) is 51.5 Å². The molecule has 0 saturated heterocycles. The Morgan fingerprint density at radius 3 is 2.77 bits per heavy atom. The zero-order chi connectivity index (χ0) is 15.9. The fourth-order valence-electron chi connectivity index (χ4n) is 3.21. The summed E-state index contributed by atoms with van der Waals surface area (Å²) in [6, 6.07) is 4.21. The van der Waals surface area contributed by atoms with Gasteiger partial charge in [-0.05, 0) is 30.2 Å². The molecule has 1 heterocycles. The number of rotatable bonds is 6. The summed E-state index contributed by atoms with van der Waals surface area (Å²) in [6.07, 6.45) is 5.31. The van der Waals surface area contributed by atoms with Crippen LogP contribution < -0.4 is 0 Å². The quantitative estimate of drug-likeness (QED) is 0.755. The Balaban J connectivity index is 2.05. The molecule has 1 fully saturated rings. The average Bonchev–Trinajstić information content (AvgIpc) is 3.01. The van der Waals surface area contributed by atoms with Gasteiger partial charge in [0.1, 0.15) is 0 Å². The van der Waals surface area contributed by atoms with Gasteiger partial charge in [-0.25, -0.2) is 0 Å². The van der Waals surface area contributed by atoms with Crippen molar-refractivity contribution in [2.24, 2.45) is 5.92 Å². The van der Waals surface area contributed by atoms with Crippen molar-refractivity contribution in [3.05, 3.63) is 22.4 Å². The van der Waals surface area contributed by atoms with Crippen LogP contribution in [0, 0.1) is 5.92 Å². The van der Waals surface area contributed by atoms with E-state index in [1.54, 1.807) is 11.3 Å². The molecule has 0 spiro atoms. The highest BCUT2D eigenvalue weighted by atomic mass is 32.1. The summed E-state index contributed by atoms with van der Waals surface area (Å²) in [6.45, 7) is 2.68. The first-order valence-corrected chi connectivity index (χ1v) is 8.88. The number of esters is 1. The topological polar surface area (TPSA) is 46.6 Å². The van der Waals surface area contributed by atoms with Crippen molar-refractivity contribution in [2.75, 3.05) is 13.7 Å². The van der Waals surface area contributed by atoms with E-state index >= 15 is 0 Å². The number of ether oxygens (including phenoxy) is 1. The normalized spacial score (nSPS) is 21.4. The van der Waals surface area contributed by atoms with Crippen LogP contribution in [0.4, 0.5) is 0 Å². The third kappa shape index (κ3) is 4.57. The van der Waals surface area contributed by atoms with Gasteiger partial charge in [-0.15, -0.1) is 11.3 Å². The molecule has 1 aliphatic carbocycles. The summed E-state index contributed by atoms with van der Waals surface area (Å²) in [5.41, 5.74) is 0. The van der Waals surface area contributed by atoms with Crippen molar-refractivity contribution in [3.63, 3.8) is 0 Å². The summed E-state index contributed by atoms with van der Waals surface area (Å²) in [5, 5.41) is 1.99. The molecule has 122 valence electrons. The van der Waals surface area contributed by atoms with E-state index in [1.807, 2.05) is 22.4 Å². The lowest BCUT2D eigenvalue weighted by molar-refractivity contribution is -0.142. The number of carbonyl (C=O) groups excluding carboxylic acids is 2. The molecule has 2 unspecified atom stereocenters.